The van der Waals surface area contributed by atoms with E-state index in [1.54, 1.807) is 17.0 Å². The predicted octanol–water partition coefficient (Wildman–Crippen LogP) is 4.07. The lowest BCUT2D eigenvalue weighted by atomic mass is 9.95. The lowest BCUT2D eigenvalue weighted by Crippen LogP contribution is -2.31. The number of aromatic nitrogens is 2. The van der Waals surface area contributed by atoms with E-state index in [1.165, 1.54) is 0 Å². The van der Waals surface area contributed by atoms with Crippen LogP contribution in [0.2, 0.25) is 5.02 Å². The molecule has 3 aromatic rings. The summed E-state index contributed by atoms with van der Waals surface area (Å²) in [5.74, 6) is 0.542. The summed E-state index contributed by atoms with van der Waals surface area (Å²) in [6.45, 7) is 4.60. The third-order valence-corrected chi connectivity index (χ3v) is 5.85. The first-order valence-corrected chi connectivity index (χ1v) is 10.6. The topological polar surface area (TPSA) is 98.7 Å². The zero-order valence-corrected chi connectivity index (χ0v) is 18.1. The van der Waals surface area contributed by atoms with Gasteiger partial charge in [0.2, 0.25) is 0 Å². The predicted molar refractivity (Wildman–Crippen MR) is 118 cm³/mol. The largest absolute Gasteiger partial charge is 0.507 e. The first-order valence-electron chi connectivity index (χ1n) is 10.2. The number of nitrogens with one attached hydrogen (secondary N) is 1. The van der Waals surface area contributed by atoms with Gasteiger partial charge in [0.25, 0.3) is 5.91 Å². The van der Waals surface area contributed by atoms with E-state index in [0.29, 0.717) is 52.9 Å². The van der Waals surface area contributed by atoms with E-state index in [4.69, 9.17) is 16.3 Å². The highest BCUT2D eigenvalue weighted by Crippen LogP contribution is 2.45. The van der Waals surface area contributed by atoms with Gasteiger partial charge < -0.3 is 19.8 Å². The van der Waals surface area contributed by atoms with Crippen LogP contribution < -0.4 is 4.74 Å². The number of ether oxygens (including phenoxy) is 1. The van der Waals surface area contributed by atoms with E-state index in [9.17, 15) is 15.0 Å². The van der Waals surface area contributed by atoms with Gasteiger partial charge >= 0.3 is 0 Å². The number of aromatic hydroxyl groups is 1. The average Bonchev–Trinajstić information content (AvgIpc) is 3.28. The van der Waals surface area contributed by atoms with Gasteiger partial charge in [-0.05, 0) is 55.7 Å². The number of fused-ring (bicyclic) bond motifs is 1. The molecule has 162 valence electrons. The van der Waals surface area contributed by atoms with E-state index in [-0.39, 0.29) is 18.3 Å². The standard InChI is InChI=1S/C23H24ClN3O4/c1-3-31-15-7-4-6-14(11-15)22-19-20(16-12-17(24)13(2)10-18(16)29)25-26-21(19)23(30)27(22)8-5-9-28/h4,6-7,10-12,22,28-29H,3,5,8-9H2,1-2H3,(H,25,26)/t22-/m1/s1. The maximum Gasteiger partial charge on any atom is 0.273 e. The number of benzene rings is 2. The van der Waals surface area contributed by atoms with Crippen molar-refractivity contribution in [1.82, 2.24) is 15.1 Å². The number of H-pyrrole nitrogens is 1. The van der Waals surface area contributed by atoms with Crippen LogP contribution in [0.15, 0.2) is 36.4 Å². The van der Waals surface area contributed by atoms with Crippen LogP contribution in [-0.4, -0.2) is 51.0 Å². The molecule has 0 saturated carbocycles. The number of rotatable bonds is 7. The molecule has 0 fully saturated rings. The minimum absolute atomic E-state index is 0.0249. The molecule has 0 spiro atoms. The summed E-state index contributed by atoms with van der Waals surface area (Å²) in [7, 11) is 0. The Kier molecular flexibility index (Phi) is 5.89. The van der Waals surface area contributed by atoms with Gasteiger partial charge in [-0.1, -0.05) is 23.7 Å². The van der Waals surface area contributed by atoms with E-state index >= 15 is 0 Å². The zero-order valence-electron chi connectivity index (χ0n) is 17.4. The number of nitrogens with zero attached hydrogens (tertiary/aromatic N) is 2. The van der Waals surface area contributed by atoms with Crippen LogP contribution in [0.3, 0.4) is 0 Å². The van der Waals surface area contributed by atoms with Crippen molar-refractivity contribution >= 4 is 17.5 Å². The first-order chi connectivity index (χ1) is 15.0. The van der Waals surface area contributed by atoms with Crippen LogP contribution in [0, 0.1) is 6.92 Å². The number of hydrogen-bond acceptors (Lipinski definition) is 5. The summed E-state index contributed by atoms with van der Waals surface area (Å²) in [4.78, 5) is 14.9. The van der Waals surface area contributed by atoms with Gasteiger partial charge in [-0.3, -0.25) is 9.89 Å². The van der Waals surface area contributed by atoms with Crippen molar-refractivity contribution in [3.8, 4) is 22.8 Å². The summed E-state index contributed by atoms with van der Waals surface area (Å²) < 4.78 is 5.66. The van der Waals surface area contributed by atoms with Crippen LogP contribution in [-0.2, 0) is 0 Å². The zero-order chi connectivity index (χ0) is 22.1. The smallest absolute Gasteiger partial charge is 0.273 e. The molecule has 2 aromatic carbocycles. The van der Waals surface area contributed by atoms with Gasteiger partial charge in [-0.15, -0.1) is 0 Å². The monoisotopic (exact) mass is 441 g/mol. The van der Waals surface area contributed by atoms with E-state index in [2.05, 4.69) is 10.2 Å². The Hall–Kier alpha value is -3.03. The Bertz CT molecular complexity index is 1130. The number of aryl methyl sites for hydroxylation is 1. The molecule has 0 bridgehead atoms. The molecular formula is C23H24ClN3O4. The minimum Gasteiger partial charge on any atom is -0.507 e. The van der Waals surface area contributed by atoms with Crippen molar-refractivity contribution in [3.63, 3.8) is 0 Å². The number of aromatic amines is 1. The fraction of sp³-hybridized carbons (Fsp3) is 0.304. The number of aliphatic hydroxyl groups excluding tert-OH is 1. The third kappa shape index (κ3) is 3.75. The second-order valence-corrected chi connectivity index (χ2v) is 7.87. The maximum absolute atomic E-state index is 13.2. The van der Waals surface area contributed by atoms with Crippen LogP contribution in [0.5, 0.6) is 11.5 Å². The molecule has 1 aliphatic rings. The number of hydrogen-bond donors (Lipinski definition) is 3. The molecule has 0 radical (unpaired) electrons. The highest BCUT2D eigenvalue weighted by Gasteiger charge is 2.42. The molecular weight excluding hydrogens is 418 g/mol. The van der Waals surface area contributed by atoms with Crippen molar-refractivity contribution in [2.45, 2.75) is 26.3 Å². The second-order valence-electron chi connectivity index (χ2n) is 7.46. The fourth-order valence-electron chi connectivity index (χ4n) is 4.02. The molecule has 31 heavy (non-hydrogen) atoms. The van der Waals surface area contributed by atoms with Gasteiger partial charge in [-0.25, -0.2) is 0 Å². The molecule has 0 aliphatic carbocycles. The molecule has 2 heterocycles. The number of phenolic OH excluding ortho intramolecular Hbond substituents is 1. The summed E-state index contributed by atoms with van der Waals surface area (Å²) in [5, 5.41) is 27.7. The van der Waals surface area contributed by atoms with Crippen molar-refractivity contribution in [3.05, 3.63) is 63.8 Å². The Labute approximate surface area is 185 Å². The van der Waals surface area contributed by atoms with Crippen LogP contribution >= 0.6 is 11.6 Å². The van der Waals surface area contributed by atoms with Gasteiger partial charge in [0.1, 0.15) is 22.9 Å². The summed E-state index contributed by atoms with van der Waals surface area (Å²) in [6.07, 6.45) is 0.446. The van der Waals surface area contributed by atoms with Crippen molar-refractivity contribution in [1.29, 1.82) is 0 Å². The lowest BCUT2D eigenvalue weighted by Gasteiger charge is -2.26. The maximum atomic E-state index is 13.2. The molecule has 8 heteroatoms. The number of carbonyl (C=O) groups excluding carboxylic acids is 1. The molecule has 1 atom stereocenters. The highest BCUT2D eigenvalue weighted by atomic mass is 35.5. The van der Waals surface area contributed by atoms with E-state index in [1.807, 2.05) is 38.1 Å². The molecule has 7 nitrogen and oxygen atoms in total. The Morgan fingerprint density at radius 3 is 2.84 bits per heavy atom. The SMILES string of the molecule is CCOc1cccc([C@@H]2c3c(-c4cc(Cl)c(C)cc4O)n[nH]c3C(=O)N2CCCO)c1. The first kappa shape index (κ1) is 21.2. The Balaban J connectivity index is 1.88. The van der Waals surface area contributed by atoms with Gasteiger partial charge in [-0.2, -0.15) is 5.10 Å². The minimum atomic E-state index is -0.442. The quantitative estimate of drug-likeness (QED) is 0.513. The molecule has 0 saturated heterocycles. The normalized spacial score (nSPS) is 15.4. The lowest BCUT2D eigenvalue weighted by molar-refractivity contribution is 0.0732. The van der Waals surface area contributed by atoms with Gasteiger partial charge in [0.05, 0.1) is 12.6 Å². The van der Waals surface area contributed by atoms with Gasteiger partial charge in [0, 0.05) is 29.3 Å². The molecule has 4 rings (SSSR count). The number of amides is 1. The average molecular weight is 442 g/mol. The third-order valence-electron chi connectivity index (χ3n) is 5.44. The summed E-state index contributed by atoms with van der Waals surface area (Å²) in [6, 6.07) is 10.4. The molecule has 1 aromatic heterocycles. The number of halogens is 1. The summed E-state index contributed by atoms with van der Waals surface area (Å²) in [5.41, 5.74) is 3.58. The highest BCUT2D eigenvalue weighted by molar-refractivity contribution is 6.31. The second kappa shape index (κ2) is 8.61. The molecule has 1 aliphatic heterocycles. The van der Waals surface area contributed by atoms with Crippen molar-refractivity contribution < 1.29 is 19.7 Å². The Morgan fingerprint density at radius 1 is 1.29 bits per heavy atom. The summed E-state index contributed by atoms with van der Waals surface area (Å²) >= 11 is 6.32. The molecule has 3 N–H and O–H groups in total. The van der Waals surface area contributed by atoms with Crippen LogP contribution in [0.4, 0.5) is 0 Å². The van der Waals surface area contributed by atoms with Crippen LogP contribution in [0.1, 0.15) is 46.6 Å². The molecule has 1 amide bonds. The number of phenols is 1. The number of carbonyl (C=O) groups is 1. The van der Waals surface area contributed by atoms with Gasteiger partial charge in [0.15, 0.2) is 0 Å². The van der Waals surface area contributed by atoms with Crippen LogP contribution in [0.25, 0.3) is 11.3 Å². The van der Waals surface area contributed by atoms with E-state index < -0.39 is 6.04 Å². The fourth-order valence-corrected chi connectivity index (χ4v) is 4.18. The Morgan fingerprint density at radius 2 is 2.10 bits per heavy atom. The van der Waals surface area contributed by atoms with Crippen molar-refractivity contribution in [2.75, 3.05) is 19.8 Å². The van der Waals surface area contributed by atoms with E-state index in [0.717, 1.165) is 11.1 Å². The molecule has 0 unspecified atom stereocenters. The van der Waals surface area contributed by atoms with Crippen molar-refractivity contribution in [2.24, 2.45) is 0 Å². The number of aliphatic hydroxyl groups is 1.